The van der Waals surface area contributed by atoms with Gasteiger partial charge >= 0.3 is 15.6 Å². The number of Topliss-reactive ketones (excluding diaryl/α,β-unsaturated/α-hetero) is 1. The number of nitrogens with zero attached hydrogens (tertiary/aromatic N) is 1. The molecule has 0 aromatic heterocycles. The summed E-state index contributed by atoms with van der Waals surface area (Å²) in [5.41, 5.74) is 0. The summed E-state index contributed by atoms with van der Waals surface area (Å²) in [6.07, 6.45) is -1.13. The van der Waals surface area contributed by atoms with Gasteiger partial charge in [0.05, 0.1) is 63.5 Å². The molecule has 4 rings (SSSR count). The Hall–Kier alpha value is -1.00. The summed E-state index contributed by atoms with van der Waals surface area (Å²) in [6.45, 7) is 2.02. The normalized spacial score (nSPS) is 34.4. The molecule has 1 amide bonds. The standard InChI is InChI=1S/C34H63N3O17P2/c1-22-32(42)33(43)30(18-38)52-34(22)49-11-7-9-26(39)8-5-3-4-6-10-31(41)37-17-27(40)14-25(37)21-51-56(46,47)54-29-13-24(36-16-29)20-50-55(44,45)53-28-12-23(19-48-2)35-15-28/h22-25,27-30,32-36,38,40,42-43H,3-21H2,1-2H3,(H,44,45)(H,46,47)/t22?,23-,24-,25-,27+,28+,29+,30?,32+,33-,34+/m0/s1. The van der Waals surface area contributed by atoms with E-state index in [1.165, 1.54) is 4.90 Å². The van der Waals surface area contributed by atoms with Crippen LogP contribution in [0, 0.1) is 5.92 Å². The van der Waals surface area contributed by atoms with Crippen LogP contribution >= 0.6 is 15.6 Å². The molecule has 4 aliphatic heterocycles. The van der Waals surface area contributed by atoms with Gasteiger partial charge in [-0.15, -0.1) is 0 Å². The average Bonchev–Trinajstić information content (AvgIpc) is 3.89. The van der Waals surface area contributed by atoms with Crippen LogP contribution in [0.1, 0.15) is 77.6 Å². The number of ether oxygens (including phenoxy) is 3. The van der Waals surface area contributed by atoms with Gasteiger partial charge in [0.25, 0.3) is 0 Å². The molecule has 13 atom stereocenters. The van der Waals surface area contributed by atoms with Crippen LogP contribution in [-0.2, 0) is 51.0 Å². The molecule has 326 valence electrons. The maximum Gasteiger partial charge on any atom is 0.472 e. The minimum Gasteiger partial charge on any atom is -0.394 e. The summed E-state index contributed by atoms with van der Waals surface area (Å²) >= 11 is 0. The fourth-order valence-corrected chi connectivity index (χ4v) is 9.36. The number of nitrogens with one attached hydrogen (secondary N) is 2. The first-order valence-electron chi connectivity index (χ1n) is 19.6. The Labute approximate surface area is 328 Å². The third-order valence-corrected chi connectivity index (χ3v) is 12.6. The topological polar surface area (TPSA) is 282 Å². The molecule has 20 nitrogen and oxygen atoms in total. The van der Waals surface area contributed by atoms with Gasteiger partial charge in [0, 0.05) is 64.0 Å². The molecule has 4 aliphatic rings. The molecule has 8 N–H and O–H groups in total. The van der Waals surface area contributed by atoms with Crippen molar-refractivity contribution in [1.29, 1.82) is 0 Å². The van der Waals surface area contributed by atoms with Gasteiger partial charge in [0.1, 0.15) is 18.0 Å². The third kappa shape index (κ3) is 15.6. The van der Waals surface area contributed by atoms with Gasteiger partial charge < -0.3 is 60.0 Å². The van der Waals surface area contributed by atoms with Crippen LogP contribution in [-0.4, -0.2) is 168 Å². The van der Waals surface area contributed by atoms with Gasteiger partial charge in [-0.05, 0) is 38.5 Å². The van der Waals surface area contributed by atoms with Crippen LogP contribution in [0.25, 0.3) is 0 Å². The van der Waals surface area contributed by atoms with Crippen molar-refractivity contribution in [2.45, 2.75) is 139 Å². The number of phosphoric acid groups is 2. The molecule has 0 bridgehead atoms. The van der Waals surface area contributed by atoms with Crippen molar-refractivity contribution in [3.8, 4) is 0 Å². The number of ketones is 1. The van der Waals surface area contributed by atoms with E-state index >= 15 is 0 Å². The molecule has 0 aromatic carbocycles. The predicted molar refractivity (Wildman–Crippen MR) is 197 cm³/mol. The number of hydrogen-bond donors (Lipinski definition) is 8. The Morgan fingerprint density at radius 2 is 1.39 bits per heavy atom. The number of β-amino-alcohol motifs (C(OH)–C–C–N with tert-alkyl or cyclic N) is 1. The molecule has 4 saturated heterocycles. The van der Waals surface area contributed by atoms with Gasteiger partial charge in [0.2, 0.25) is 5.91 Å². The average molecular weight is 848 g/mol. The van der Waals surface area contributed by atoms with Crippen molar-refractivity contribution in [2.75, 3.05) is 59.8 Å². The number of aliphatic hydroxyl groups is 4. The lowest BCUT2D eigenvalue weighted by molar-refractivity contribution is -0.282. The number of hydrogen-bond acceptors (Lipinski definition) is 17. The Balaban J connectivity index is 1.05. The molecular weight excluding hydrogens is 784 g/mol. The quantitative estimate of drug-likeness (QED) is 0.0447. The van der Waals surface area contributed by atoms with Crippen LogP contribution in [0.15, 0.2) is 0 Å². The van der Waals surface area contributed by atoms with E-state index in [1.807, 2.05) is 0 Å². The molecule has 0 radical (unpaired) electrons. The van der Waals surface area contributed by atoms with Crippen molar-refractivity contribution in [2.24, 2.45) is 5.92 Å². The van der Waals surface area contributed by atoms with E-state index in [2.05, 4.69) is 10.6 Å². The molecule has 22 heteroatoms. The summed E-state index contributed by atoms with van der Waals surface area (Å²) in [7, 11) is -7.34. The van der Waals surface area contributed by atoms with Gasteiger partial charge in [-0.1, -0.05) is 19.8 Å². The highest BCUT2D eigenvalue weighted by molar-refractivity contribution is 7.47. The maximum absolute atomic E-state index is 13.0. The van der Waals surface area contributed by atoms with E-state index in [4.69, 9.17) is 32.3 Å². The number of methoxy groups -OCH3 is 1. The Kier molecular flexibility index (Phi) is 19.7. The number of amides is 1. The SMILES string of the molecule is COC[C@@H]1C[C@@H](OP(=O)(O)OC[C@@H]2C[C@@H](OP(=O)(O)OC[C@@H]3C[C@@H](O)CN3C(=O)CCCCCCC(=O)CCCO[C@@H]3OC(CO)[C@H](O)[C@H](O)C3C)CN2)CN1. The molecule has 0 aromatic rings. The highest BCUT2D eigenvalue weighted by Crippen LogP contribution is 2.48. The van der Waals surface area contributed by atoms with Gasteiger partial charge in [-0.2, -0.15) is 0 Å². The summed E-state index contributed by atoms with van der Waals surface area (Å²) < 4.78 is 62.5. The minimum absolute atomic E-state index is 0.0164. The lowest BCUT2D eigenvalue weighted by Crippen LogP contribution is -2.55. The van der Waals surface area contributed by atoms with Gasteiger partial charge in [-0.3, -0.25) is 27.7 Å². The molecule has 56 heavy (non-hydrogen) atoms. The maximum atomic E-state index is 13.0. The van der Waals surface area contributed by atoms with Crippen molar-refractivity contribution in [1.82, 2.24) is 15.5 Å². The molecule has 0 spiro atoms. The Morgan fingerprint density at radius 3 is 2.02 bits per heavy atom. The van der Waals surface area contributed by atoms with Crippen LogP contribution in [0.4, 0.5) is 0 Å². The first-order chi connectivity index (χ1) is 26.6. The molecule has 4 heterocycles. The van der Waals surface area contributed by atoms with E-state index in [9.17, 15) is 48.9 Å². The fraction of sp³-hybridized carbons (Fsp3) is 0.941. The summed E-state index contributed by atoms with van der Waals surface area (Å²) in [5, 5.41) is 45.8. The monoisotopic (exact) mass is 847 g/mol. The first-order valence-corrected chi connectivity index (χ1v) is 22.6. The lowest BCUT2D eigenvalue weighted by atomic mass is 9.92. The summed E-state index contributed by atoms with van der Waals surface area (Å²) in [4.78, 5) is 47.4. The Morgan fingerprint density at radius 1 is 0.804 bits per heavy atom. The molecular formula is C34H63N3O17P2. The van der Waals surface area contributed by atoms with Crippen molar-refractivity contribution in [3.05, 3.63) is 0 Å². The van der Waals surface area contributed by atoms with E-state index in [0.29, 0.717) is 58.1 Å². The summed E-state index contributed by atoms with van der Waals surface area (Å²) in [6, 6.07) is -1.05. The number of carbonyl (C=O) groups is 2. The largest absolute Gasteiger partial charge is 0.472 e. The van der Waals surface area contributed by atoms with Crippen molar-refractivity contribution >= 4 is 27.3 Å². The minimum atomic E-state index is -4.56. The van der Waals surface area contributed by atoms with E-state index in [0.717, 1.165) is 6.42 Å². The number of rotatable bonds is 25. The number of likely N-dealkylation sites (tertiary alicyclic amines) is 1. The van der Waals surface area contributed by atoms with Gasteiger partial charge in [0.15, 0.2) is 6.29 Å². The highest BCUT2D eigenvalue weighted by atomic mass is 31.2. The molecule has 0 saturated carbocycles. The van der Waals surface area contributed by atoms with Gasteiger partial charge in [-0.25, -0.2) is 9.13 Å². The van der Waals surface area contributed by atoms with E-state index in [1.54, 1.807) is 14.0 Å². The second-order valence-electron chi connectivity index (χ2n) is 15.2. The van der Waals surface area contributed by atoms with Crippen molar-refractivity contribution in [3.63, 3.8) is 0 Å². The molecule has 4 unspecified atom stereocenters. The van der Waals surface area contributed by atoms with Crippen molar-refractivity contribution < 1.29 is 81.2 Å². The van der Waals surface area contributed by atoms with Crippen LogP contribution in [0.3, 0.4) is 0 Å². The zero-order chi connectivity index (χ0) is 40.9. The predicted octanol–water partition coefficient (Wildman–Crippen LogP) is 0.104. The fourth-order valence-electron chi connectivity index (χ4n) is 7.44. The second kappa shape index (κ2) is 23.1. The second-order valence-corrected chi connectivity index (χ2v) is 18.0. The number of aliphatic hydroxyl groups excluding tert-OH is 4. The Bertz CT molecular complexity index is 1320. The molecule has 4 fully saturated rings. The number of carbonyl (C=O) groups excluding carboxylic acids is 2. The zero-order valence-corrected chi connectivity index (χ0v) is 34.1. The number of phosphoric ester groups is 2. The lowest BCUT2D eigenvalue weighted by Gasteiger charge is -2.40. The van der Waals surface area contributed by atoms with Crippen LogP contribution < -0.4 is 10.6 Å². The first kappa shape index (κ1) is 47.7. The highest BCUT2D eigenvalue weighted by Gasteiger charge is 2.43. The third-order valence-electron chi connectivity index (χ3n) is 10.5. The number of unbranched alkanes of at least 4 members (excludes halogenated alkanes) is 3. The van der Waals surface area contributed by atoms with Crippen LogP contribution in [0.2, 0.25) is 0 Å². The van der Waals surface area contributed by atoms with E-state index < -0.39 is 83.2 Å². The summed E-state index contributed by atoms with van der Waals surface area (Å²) in [5.74, 6) is -0.631. The van der Waals surface area contributed by atoms with Crippen LogP contribution in [0.5, 0.6) is 0 Å². The zero-order valence-electron chi connectivity index (χ0n) is 32.3. The smallest absolute Gasteiger partial charge is 0.394 e. The van der Waals surface area contributed by atoms with E-state index in [-0.39, 0.29) is 69.9 Å². The molecule has 0 aliphatic carbocycles.